The zero-order valence-corrected chi connectivity index (χ0v) is 10.1. The monoisotopic (exact) mass is 192 g/mol. The molecule has 0 aromatic rings. The van der Waals surface area contributed by atoms with Gasteiger partial charge in [-0.25, -0.2) is 0 Å². The molecule has 0 heterocycles. The maximum atomic E-state index is 3.80. The minimum absolute atomic E-state index is 0.589. The first-order valence-electron chi connectivity index (χ1n) is 5.55. The van der Waals surface area contributed by atoms with Gasteiger partial charge in [0, 0.05) is 0 Å². The highest BCUT2D eigenvalue weighted by molar-refractivity contribution is 5.16. The Morgan fingerprint density at radius 1 is 1.21 bits per heavy atom. The summed E-state index contributed by atoms with van der Waals surface area (Å²) in [7, 11) is 0. The van der Waals surface area contributed by atoms with E-state index in [9.17, 15) is 0 Å². The Morgan fingerprint density at radius 3 is 2.29 bits per heavy atom. The summed E-state index contributed by atoms with van der Waals surface area (Å²) in [6.45, 7) is 12.6. The number of hydrogen-bond donors (Lipinski definition) is 0. The second kappa shape index (κ2) is 7.61. The third-order valence-corrected chi connectivity index (χ3v) is 2.34. The molecule has 0 aromatic carbocycles. The molecule has 0 spiro atoms. The highest BCUT2D eigenvalue weighted by atomic mass is 14.0. The molecule has 0 aliphatic carbocycles. The molecular formula is C14H24. The Morgan fingerprint density at radius 2 is 1.79 bits per heavy atom. The van der Waals surface area contributed by atoms with Crippen molar-refractivity contribution in [3.05, 3.63) is 36.0 Å². The molecule has 0 fully saturated rings. The predicted molar refractivity (Wildman–Crippen MR) is 66.4 cm³/mol. The fourth-order valence-electron chi connectivity index (χ4n) is 1.42. The molecule has 0 heteroatoms. The third-order valence-electron chi connectivity index (χ3n) is 2.34. The molecule has 0 aliphatic rings. The highest BCUT2D eigenvalue weighted by Gasteiger charge is 1.96. The second-order valence-electron chi connectivity index (χ2n) is 4.19. The van der Waals surface area contributed by atoms with Crippen molar-refractivity contribution in [1.82, 2.24) is 0 Å². The average molecular weight is 192 g/mol. The van der Waals surface area contributed by atoms with E-state index in [1.54, 1.807) is 0 Å². The molecule has 0 saturated heterocycles. The molecule has 0 aliphatic heterocycles. The van der Waals surface area contributed by atoms with E-state index >= 15 is 0 Å². The van der Waals surface area contributed by atoms with Gasteiger partial charge in [-0.3, -0.25) is 0 Å². The fourth-order valence-corrected chi connectivity index (χ4v) is 1.42. The minimum atomic E-state index is 0.589. The number of rotatable bonds is 6. The van der Waals surface area contributed by atoms with Gasteiger partial charge >= 0.3 is 0 Å². The summed E-state index contributed by atoms with van der Waals surface area (Å²) in [5.74, 6) is 0.589. The first kappa shape index (κ1) is 13.2. The van der Waals surface area contributed by atoms with Crippen LogP contribution >= 0.6 is 0 Å². The van der Waals surface area contributed by atoms with Crippen LogP contribution in [0.1, 0.15) is 47.0 Å². The Balaban J connectivity index is 4.10. The molecular weight excluding hydrogens is 168 g/mol. The van der Waals surface area contributed by atoms with Gasteiger partial charge in [0.25, 0.3) is 0 Å². The van der Waals surface area contributed by atoms with Crippen LogP contribution in [-0.4, -0.2) is 0 Å². The lowest BCUT2D eigenvalue weighted by Gasteiger charge is -2.04. The molecule has 1 unspecified atom stereocenters. The van der Waals surface area contributed by atoms with Gasteiger partial charge in [0.2, 0.25) is 0 Å². The molecule has 1 atom stereocenters. The van der Waals surface area contributed by atoms with E-state index in [1.165, 1.54) is 24.0 Å². The zero-order chi connectivity index (χ0) is 11.0. The third kappa shape index (κ3) is 6.71. The van der Waals surface area contributed by atoms with Crippen LogP contribution in [0, 0.1) is 5.92 Å². The smallest absolute Gasteiger partial charge is 0.0227 e. The molecule has 0 N–H and O–H groups in total. The maximum absolute atomic E-state index is 3.80. The molecule has 0 bridgehead atoms. The number of hydrogen-bond acceptors (Lipinski definition) is 0. The van der Waals surface area contributed by atoms with Gasteiger partial charge in [0.05, 0.1) is 0 Å². The van der Waals surface area contributed by atoms with E-state index in [2.05, 4.69) is 46.4 Å². The molecule has 0 amide bonds. The standard InChI is InChI=1S/C14H24/c1-6-8-13(4)9-10-14(5)11-12(3)7-2/h7,9-10,12H,2,6,8,11H2,1,3-5H3. The van der Waals surface area contributed by atoms with Crippen molar-refractivity contribution in [3.8, 4) is 0 Å². The lowest BCUT2D eigenvalue weighted by molar-refractivity contribution is 0.718. The van der Waals surface area contributed by atoms with Crippen LogP contribution in [0.4, 0.5) is 0 Å². The first-order valence-corrected chi connectivity index (χ1v) is 5.55. The summed E-state index contributed by atoms with van der Waals surface area (Å²) < 4.78 is 0. The van der Waals surface area contributed by atoms with E-state index in [0.29, 0.717) is 5.92 Å². The largest absolute Gasteiger partial charge is 0.103 e. The summed E-state index contributed by atoms with van der Waals surface area (Å²) in [5.41, 5.74) is 2.91. The Kier molecular flexibility index (Phi) is 7.18. The molecule has 0 radical (unpaired) electrons. The van der Waals surface area contributed by atoms with Crippen molar-refractivity contribution in [2.75, 3.05) is 0 Å². The SMILES string of the molecule is C=CC(C)CC(C)=CC=C(C)CCC. The molecule has 14 heavy (non-hydrogen) atoms. The van der Waals surface area contributed by atoms with E-state index in [0.717, 1.165) is 6.42 Å². The number of allylic oxidation sites excluding steroid dienone is 5. The van der Waals surface area contributed by atoms with Crippen LogP contribution in [0.25, 0.3) is 0 Å². The average Bonchev–Trinajstić information content (AvgIpc) is 2.15. The lowest BCUT2D eigenvalue weighted by Crippen LogP contribution is -1.89. The molecule has 0 rings (SSSR count). The summed E-state index contributed by atoms with van der Waals surface area (Å²) in [4.78, 5) is 0. The Bertz CT molecular complexity index is 218. The van der Waals surface area contributed by atoms with E-state index in [1.807, 2.05) is 6.08 Å². The minimum Gasteiger partial charge on any atom is -0.103 e. The van der Waals surface area contributed by atoms with Gasteiger partial charge in [0.15, 0.2) is 0 Å². The van der Waals surface area contributed by atoms with E-state index in [-0.39, 0.29) is 0 Å². The molecule has 0 nitrogen and oxygen atoms in total. The van der Waals surface area contributed by atoms with Gasteiger partial charge in [0.1, 0.15) is 0 Å². The summed E-state index contributed by atoms with van der Waals surface area (Å²) in [5, 5.41) is 0. The van der Waals surface area contributed by atoms with Gasteiger partial charge in [-0.2, -0.15) is 0 Å². The normalized spacial score (nSPS) is 15.4. The van der Waals surface area contributed by atoms with Gasteiger partial charge in [-0.1, -0.05) is 49.6 Å². The summed E-state index contributed by atoms with van der Waals surface area (Å²) >= 11 is 0. The summed E-state index contributed by atoms with van der Waals surface area (Å²) in [6, 6.07) is 0. The summed E-state index contributed by atoms with van der Waals surface area (Å²) in [6.07, 6.45) is 10.1. The van der Waals surface area contributed by atoms with Crippen molar-refractivity contribution in [3.63, 3.8) is 0 Å². The van der Waals surface area contributed by atoms with Gasteiger partial charge < -0.3 is 0 Å². The van der Waals surface area contributed by atoms with Gasteiger partial charge in [-0.05, 0) is 32.6 Å². The maximum Gasteiger partial charge on any atom is -0.0227 e. The predicted octanol–water partition coefficient (Wildman–Crippen LogP) is 4.89. The Hall–Kier alpha value is -0.780. The van der Waals surface area contributed by atoms with Crippen molar-refractivity contribution < 1.29 is 0 Å². The Labute approximate surface area is 89.4 Å². The molecule has 0 saturated carbocycles. The lowest BCUT2D eigenvalue weighted by atomic mass is 10.0. The van der Waals surface area contributed by atoms with E-state index in [4.69, 9.17) is 0 Å². The zero-order valence-electron chi connectivity index (χ0n) is 10.1. The second-order valence-corrected chi connectivity index (χ2v) is 4.19. The topological polar surface area (TPSA) is 0 Å². The van der Waals surface area contributed by atoms with Crippen LogP contribution < -0.4 is 0 Å². The highest BCUT2D eigenvalue weighted by Crippen LogP contribution is 2.12. The fraction of sp³-hybridized carbons (Fsp3) is 0.571. The van der Waals surface area contributed by atoms with Crippen LogP contribution in [0.15, 0.2) is 36.0 Å². The van der Waals surface area contributed by atoms with Crippen molar-refractivity contribution in [2.45, 2.75) is 47.0 Å². The van der Waals surface area contributed by atoms with Crippen LogP contribution in [0.3, 0.4) is 0 Å². The van der Waals surface area contributed by atoms with Crippen LogP contribution in [-0.2, 0) is 0 Å². The molecule has 80 valence electrons. The van der Waals surface area contributed by atoms with Gasteiger partial charge in [-0.15, -0.1) is 6.58 Å². The van der Waals surface area contributed by atoms with Crippen LogP contribution in [0.5, 0.6) is 0 Å². The van der Waals surface area contributed by atoms with E-state index < -0.39 is 0 Å². The first-order chi connectivity index (χ1) is 6.60. The quantitative estimate of drug-likeness (QED) is 0.415. The van der Waals surface area contributed by atoms with Crippen molar-refractivity contribution >= 4 is 0 Å². The van der Waals surface area contributed by atoms with Crippen molar-refractivity contribution in [1.29, 1.82) is 0 Å². The van der Waals surface area contributed by atoms with Crippen molar-refractivity contribution in [2.24, 2.45) is 5.92 Å². The molecule has 0 aromatic heterocycles. The van der Waals surface area contributed by atoms with Crippen LogP contribution in [0.2, 0.25) is 0 Å².